The van der Waals surface area contributed by atoms with Crippen molar-refractivity contribution in [2.75, 3.05) is 18.4 Å². The molecule has 0 bridgehead atoms. The average molecular weight is 443 g/mol. The lowest BCUT2D eigenvalue weighted by atomic mass is 9.99. The van der Waals surface area contributed by atoms with E-state index in [9.17, 15) is 13.2 Å². The summed E-state index contributed by atoms with van der Waals surface area (Å²) in [5.41, 5.74) is 0. The molecule has 1 N–H and O–H groups in total. The zero-order valence-corrected chi connectivity index (χ0v) is 16.8. The number of piperidine rings is 1. The molecule has 0 aliphatic carbocycles. The zero-order chi connectivity index (χ0) is 19.7. The lowest BCUT2D eigenvalue weighted by molar-refractivity contribution is -0.121. The van der Waals surface area contributed by atoms with Gasteiger partial charge >= 0.3 is 6.01 Å². The number of carbonyl (C=O) groups excluding carboxylic acids is 1. The third-order valence-electron chi connectivity index (χ3n) is 4.28. The molecule has 0 spiro atoms. The fraction of sp³-hybridized carbons (Fsp3) is 0.312. The van der Waals surface area contributed by atoms with Crippen LogP contribution < -0.4 is 5.32 Å². The van der Waals surface area contributed by atoms with Gasteiger partial charge in [0.2, 0.25) is 5.91 Å². The van der Waals surface area contributed by atoms with Gasteiger partial charge in [-0.05, 0) is 37.1 Å². The van der Waals surface area contributed by atoms with Crippen LogP contribution in [0.5, 0.6) is 0 Å². The molecule has 3 aromatic rings. The van der Waals surface area contributed by atoms with Crippen LogP contribution in [0.1, 0.15) is 12.8 Å². The van der Waals surface area contributed by atoms with Gasteiger partial charge in [-0.3, -0.25) is 10.1 Å². The fourth-order valence-corrected chi connectivity index (χ4v) is 6.08. The van der Waals surface area contributed by atoms with Gasteiger partial charge in [-0.25, -0.2) is 8.42 Å². The fourth-order valence-electron chi connectivity index (χ4n) is 2.92. The monoisotopic (exact) mass is 442 g/mol. The minimum Gasteiger partial charge on any atom is -0.459 e. The molecule has 1 fully saturated rings. The summed E-state index contributed by atoms with van der Waals surface area (Å²) in [6, 6.07) is 6.27. The largest absolute Gasteiger partial charge is 0.459 e. The molecule has 1 aliphatic rings. The Morgan fingerprint density at radius 2 is 2.18 bits per heavy atom. The number of hydrogen-bond donors (Lipinski definition) is 1. The van der Waals surface area contributed by atoms with Crippen molar-refractivity contribution < 1.29 is 22.0 Å². The molecule has 0 radical (unpaired) electrons. The Morgan fingerprint density at radius 1 is 1.32 bits per heavy atom. The standard InChI is InChI=1S/C16H15ClN4O5S2/c17-12-5-6-13(27-12)28(23,24)21-7-1-3-10(9-21)14(22)18-16-20-19-15(26-16)11-4-2-8-25-11/h2,4-6,8,10H,1,3,7,9H2,(H,18,20,22). The molecule has 0 aromatic carbocycles. The summed E-state index contributed by atoms with van der Waals surface area (Å²) < 4.78 is 37.9. The van der Waals surface area contributed by atoms with Gasteiger partial charge in [0.05, 0.1) is 16.5 Å². The zero-order valence-electron chi connectivity index (χ0n) is 14.4. The van der Waals surface area contributed by atoms with Crippen molar-refractivity contribution >= 4 is 44.9 Å². The normalized spacial score (nSPS) is 18.2. The molecule has 4 rings (SSSR count). The van der Waals surface area contributed by atoms with Crippen LogP contribution in [0.25, 0.3) is 11.7 Å². The van der Waals surface area contributed by atoms with Crippen molar-refractivity contribution in [2.45, 2.75) is 17.1 Å². The van der Waals surface area contributed by atoms with Crippen molar-refractivity contribution in [3.8, 4) is 11.7 Å². The van der Waals surface area contributed by atoms with Crippen molar-refractivity contribution in [1.29, 1.82) is 0 Å². The van der Waals surface area contributed by atoms with Gasteiger partial charge in [-0.1, -0.05) is 16.7 Å². The minimum absolute atomic E-state index is 0.0681. The second kappa shape index (κ2) is 7.66. The summed E-state index contributed by atoms with van der Waals surface area (Å²) >= 11 is 6.85. The quantitative estimate of drug-likeness (QED) is 0.644. The average Bonchev–Trinajstić information content (AvgIpc) is 3.43. The third-order valence-corrected chi connectivity index (χ3v) is 7.85. The van der Waals surface area contributed by atoms with Gasteiger partial charge in [0.25, 0.3) is 15.9 Å². The van der Waals surface area contributed by atoms with E-state index in [1.165, 1.54) is 16.6 Å². The highest BCUT2D eigenvalue weighted by molar-refractivity contribution is 7.91. The van der Waals surface area contributed by atoms with Crippen LogP contribution >= 0.6 is 22.9 Å². The van der Waals surface area contributed by atoms with Crippen LogP contribution in [0.15, 0.2) is 43.6 Å². The number of amides is 1. The number of rotatable bonds is 5. The van der Waals surface area contributed by atoms with Crippen molar-refractivity contribution in [1.82, 2.24) is 14.5 Å². The molecule has 148 valence electrons. The third kappa shape index (κ3) is 3.83. The highest BCUT2D eigenvalue weighted by atomic mass is 35.5. The Labute approximate surface area is 169 Å². The van der Waals surface area contributed by atoms with Crippen molar-refractivity contribution in [3.63, 3.8) is 0 Å². The maximum Gasteiger partial charge on any atom is 0.322 e. The van der Waals surface area contributed by atoms with Crippen molar-refractivity contribution in [2.24, 2.45) is 5.92 Å². The number of anilines is 1. The van der Waals surface area contributed by atoms with E-state index in [4.69, 9.17) is 20.4 Å². The van der Waals surface area contributed by atoms with Crippen LogP contribution in [-0.4, -0.2) is 41.9 Å². The van der Waals surface area contributed by atoms with E-state index >= 15 is 0 Å². The van der Waals surface area contributed by atoms with E-state index in [-0.39, 0.29) is 28.6 Å². The van der Waals surface area contributed by atoms with Gasteiger partial charge in [-0.2, -0.15) is 4.31 Å². The summed E-state index contributed by atoms with van der Waals surface area (Å²) in [5, 5.41) is 10.1. The van der Waals surface area contributed by atoms with E-state index in [1.54, 1.807) is 18.2 Å². The van der Waals surface area contributed by atoms with Gasteiger partial charge in [0.15, 0.2) is 5.76 Å². The molecule has 1 atom stereocenters. The Balaban J connectivity index is 1.44. The molecule has 1 aliphatic heterocycles. The summed E-state index contributed by atoms with van der Waals surface area (Å²) in [6.07, 6.45) is 2.59. The Kier molecular flexibility index (Phi) is 5.23. The molecule has 3 aromatic heterocycles. The number of sulfonamides is 1. The van der Waals surface area contributed by atoms with Crippen LogP contribution in [0.2, 0.25) is 4.34 Å². The number of nitrogens with zero attached hydrogens (tertiary/aromatic N) is 3. The van der Waals surface area contributed by atoms with E-state index in [0.717, 1.165) is 11.3 Å². The topological polar surface area (TPSA) is 119 Å². The summed E-state index contributed by atoms with van der Waals surface area (Å²) in [5.74, 6) is -0.378. The number of carbonyl (C=O) groups is 1. The second-order valence-corrected chi connectivity index (χ2v) is 10.0. The number of nitrogens with one attached hydrogen (secondary N) is 1. The van der Waals surface area contributed by atoms with E-state index < -0.39 is 15.9 Å². The lowest BCUT2D eigenvalue weighted by Gasteiger charge is -2.30. The van der Waals surface area contributed by atoms with E-state index in [1.807, 2.05) is 0 Å². The predicted octanol–water partition coefficient (Wildman–Crippen LogP) is 3.08. The number of thiophene rings is 1. The first kappa shape index (κ1) is 19.1. The Morgan fingerprint density at radius 3 is 2.89 bits per heavy atom. The second-order valence-electron chi connectivity index (χ2n) is 6.14. The molecule has 0 saturated carbocycles. The molecule has 9 nitrogen and oxygen atoms in total. The summed E-state index contributed by atoms with van der Waals surface area (Å²) in [4.78, 5) is 12.6. The molecule has 12 heteroatoms. The molecule has 1 unspecified atom stereocenters. The van der Waals surface area contributed by atoms with Crippen LogP contribution in [0.3, 0.4) is 0 Å². The molecular formula is C16H15ClN4O5S2. The van der Waals surface area contributed by atoms with Gasteiger partial charge in [0.1, 0.15) is 4.21 Å². The first-order chi connectivity index (χ1) is 13.4. The van der Waals surface area contributed by atoms with Crippen LogP contribution in [0.4, 0.5) is 6.01 Å². The molecule has 28 heavy (non-hydrogen) atoms. The summed E-state index contributed by atoms with van der Waals surface area (Å²) in [7, 11) is -3.68. The van der Waals surface area contributed by atoms with E-state index in [0.29, 0.717) is 29.5 Å². The van der Waals surface area contributed by atoms with Crippen LogP contribution in [-0.2, 0) is 14.8 Å². The Bertz CT molecular complexity index is 1080. The van der Waals surface area contributed by atoms with Crippen LogP contribution in [0, 0.1) is 5.92 Å². The maximum absolute atomic E-state index is 12.8. The van der Waals surface area contributed by atoms with Gasteiger partial charge in [-0.15, -0.1) is 16.4 Å². The molecule has 4 heterocycles. The van der Waals surface area contributed by atoms with Gasteiger partial charge in [0, 0.05) is 13.1 Å². The maximum atomic E-state index is 12.8. The number of aromatic nitrogens is 2. The smallest absolute Gasteiger partial charge is 0.322 e. The first-order valence-corrected chi connectivity index (χ1v) is 11.0. The predicted molar refractivity (Wildman–Crippen MR) is 101 cm³/mol. The molecule has 1 amide bonds. The summed E-state index contributed by atoms with van der Waals surface area (Å²) in [6.45, 7) is 0.424. The van der Waals surface area contributed by atoms with Crippen molar-refractivity contribution in [3.05, 3.63) is 34.9 Å². The highest BCUT2D eigenvalue weighted by Gasteiger charge is 2.34. The van der Waals surface area contributed by atoms with Gasteiger partial charge < -0.3 is 8.83 Å². The molecular weight excluding hydrogens is 428 g/mol. The Hall–Kier alpha value is -2.21. The SMILES string of the molecule is O=C(Nc1nnc(-c2ccco2)o1)C1CCCN(S(=O)(=O)c2ccc(Cl)s2)C1. The number of halogens is 1. The number of furan rings is 1. The first-order valence-electron chi connectivity index (χ1n) is 8.37. The lowest BCUT2D eigenvalue weighted by Crippen LogP contribution is -2.43. The molecule has 1 saturated heterocycles. The minimum atomic E-state index is -3.68. The number of hydrogen-bond acceptors (Lipinski definition) is 8. The highest BCUT2D eigenvalue weighted by Crippen LogP contribution is 2.31. The van der Waals surface area contributed by atoms with E-state index in [2.05, 4.69) is 15.5 Å².